The number of carbonyl (C=O) groups is 2. The van der Waals surface area contributed by atoms with Gasteiger partial charge in [-0.1, -0.05) is 18.2 Å². The molecule has 27 heavy (non-hydrogen) atoms. The van der Waals surface area contributed by atoms with E-state index in [1.807, 2.05) is 0 Å². The number of amides is 1. The lowest BCUT2D eigenvalue weighted by Crippen LogP contribution is -2.21. The summed E-state index contributed by atoms with van der Waals surface area (Å²) in [6, 6.07) is 13.4. The quantitative estimate of drug-likeness (QED) is 0.699. The highest BCUT2D eigenvalue weighted by atomic mass is 16.5. The number of nitrogens with zero attached hydrogens (tertiary/aromatic N) is 1. The van der Waals surface area contributed by atoms with Crippen molar-refractivity contribution in [3.8, 4) is 5.75 Å². The number of hydrogen-bond donors (Lipinski definition) is 1. The van der Waals surface area contributed by atoms with Crippen LogP contribution in [0.5, 0.6) is 5.75 Å². The summed E-state index contributed by atoms with van der Waals surface area (Å²) in [5.74, 6) is -0.634. The van der Waals surface area contributed by atoms with Crippen molar-refractivity contribution in [3.63, 3.8) is 0 Å². The Bertz CT molecular complexity index is 1090. The number of nitrogens with two attached hydrogens (primary N) is 1. The summed E-state index contributed by atoms with van der Waals surface area (Å²) < 4.78 is 16.1. The lowest BCUT2D eigenvalue weighted by molar-refractivity contribution is 0.0526. The smallest absolute Gasteiger partial charge is 0.338 e. The van der Waals surface area contributed by atoms with Gasteiger partial charge in [0.1, 0.15) is 5.56 Å². The number of rotatable bonds is 5. The molecular formula is C20H18N2O5. The molecule has 1 amide bonds. The molecule has 0 atom stereocenters. The SMILES string of the molecule is CCOC(=O)c1cccc(N=c2oc3c(OC)cccc3cc2C(N)=O)c1. The molecule has 1 heterocycles. The van der Waals surface area contributed by atoms with Gasteiger partial charge in [-0.05, 0) is 37.3 Å². The molecule has 0 fully saturated rings. The molecule has 7 nitrogen and oxygen atoms in total. The van der Waals surface area contributed by atoms with Crippen LogP contribution in [-0.2, 0) is 4.74 Å². The number of para-hydroxylation sites is 1. The second kappa shape index (κ2) is 7.74. The van der Waals surface area contributed by atoms with Crippen LogP contribution in [0.1, 0.15) is 27.6 Å². The summed E-state index contributed by atoms with van der Waals surface area (Å²) in [6.45, 7) is 2.00. The fourth-order valence-corrected chi connectivity index (χ4v) is 2.58. The maximum Gasteiger partial charge on any atom is 0.338 e. The zero-order valence-corrected chi connectivity index (χ0v) is 14.9. The average molecular weight is 366 g/mol. The summed E-state index contributed by atoms with van der Waals surface area (Å²) in [4.78, 5) is 28.1. The van der Waals surface area contributed by atoms with Crippen LogP contribution in [0.3, 0.4) is 0 Å². The Hall–Kier alpha value is -3.61. The van der Waals surface area contributed by atoms with Crippen molar-refractivity contribution >= 4 is 28.5 Å². The van der Waals surface area contributed by atoms with Crippen molar-refractivity contribution in [1.29, 1.82) is 0 Å². The van der Waals surface area contributed by atoms with Crippen LogP contribution < -0.4 is 16.0 Å². The fraction of sp³-hybridized carbons (Fsp3) is 0.150. The summed E-state index contributed by atoms with van der Waals surface area (Å²) in [5.41, 5.74) is 6.83. The highest BCUT2D eigenvalue weighted by molar-refractivity contribution is 5.96. The van der Waals surface area contributed by atoms with Crippen molar-refractivity contribution < 1.29 is 23.5 Å². The van der Waals surface area contributed by atoms with Gasteiger partial charge in [0.25, 0.3) is 5.91 Å². The molecule has 0 spiro atoms. The normalized spacial score (nSPS) is 11.4. The minimum Gasteiger partial charge on any atom is -0.493 e. The Labute approximate surface area is 155 Å². The highest BCUT2D eigenvalue weighted by Gasteiger charge is 2.13. The van der Waals surface area contributed by atoms with Gasteiger partial charge in [-0.3, -0.25) is 4.79 Å². The van der Waals surface area contributed by atoms with Gasteiger partial charge in [-0.25, -0.2) is 9.79 Å². The van der Waals surface area contributed by atoms with E-state index in [1.165, 1.54) is 7.11 Å². The third-order valence-electron chi connectivity index (χ3n) is 3.81. The molecule has 0 radical (unpaired) electrons. The van der Waals surface area contributed by atoms with Crippen LogP contribution in [0.2, 0.25) is 0 Å². The molecule has 3 aromatic rings. The Balaban J connectivity index is 2.20. The van der Waals surface area contributed by atoms with E-state index < -0.39 is 11.9 Å². The number of benzene rings is 2. The summed E-state index contributed by atoms with van der Waals surface area (Å²) in [5, 5.41) is 0.655. The fourth-order valence-electron chi connectivity index (χ4n) is 2.58. The first-order chi connectivity index (χ1) is 13.0. The summed E-state index contributed by atoms with van der Waals surface area (Å²) >= 11 is 0. The van der Waals surface area contributed by atoms with Gasteiger partial charge in [0, 0.05) is 5.39 Å². The molecule has 0 aliphatic rings. The Morgan fingerprint density at radius 2 is 1.93 bits per heavy atom. The molecule has 0 unspecified atom stereocenters. The highest BCUT2D eigenvalue weighted by Crippen LogP contribution is 2.25. The number of primary amides is 1. The van der Waals surface area contributed by atoms with Crippen molar-refractivity contribution in [2.45, 2.75) is 6.92 Å². The van der Waals surface area contributed by atoms with Crippen molar-refractivity contribution in [2.75, 3.05) is 13.7 Å². The summed E-state index contributed by atoms with van der Waals surface area (Å²) in [6.07, 6.45) is 0. The Morgan fingerprint density at radius 3 is 2.63 bits per heavy atom. The second-order valence-corrected chi connectivity index (χ2v) is 5.59. The lowest BCUT2D eigenvalue weighted by Gasteiger charge is -2.06. The van der Waals surface area contributed by atoms with Gasteiger partial charge >= 0.3 is 5.97 Å². The lowest BCUT2D eigenvalue weighted by atomic mass is 10.1. The largest absolute Gasteiger partial charge is 0.493 e. The predicted octanol–water partition coefficient (Wildman–Crippen LogP) is 2.95. The number of ether oxygens (including phenoxy) is 2. The van der Waals surface area contributed by atoms with E-state index in [0.29, 0.717) is 28.0 Å². The molecule has 0 bridgehead atoms. The predicted molar refractivity (Wildman–Crippen MR) is 98.9 cm³/mol. The van der Waals surface area contributed by atoms with Crippen molar-refractivity contribution in [3.05, 3.63) is 65.2 Å². The molecule has 0 saturated carbocycles. The van der Waals surface area contributed by atoms with Crippen LogP contribution in [0.4, 0.5) is 5.69 Å². The van der Waals surface area contributed by atoms with E-state index in [0.717, 1.165) is 0 Å². The molecule has 1 aromatic heterocycles. The molecule has 0 saturated heterocycles. The van der Waals surface area contributed by atoms with E-state index >= 15 is 0 Å². The maximum atomic E-state index is 11.9. The van der Waals surface area contributed by atoms with E-state index in [4.69, 9.17) is 19.6 Å². The van der Waals surface area contributed by atoms with Crippen LogP contribution in [0.15, 0.2) is 57.9 Å². The molecule has 2 N–H and O–H groups in total. The molecular weight excluding hydrogens is 348 g/mol. The number of carbonyl (C=O) groups excluding carboxylic acids is 2. The Morgan fingerprint density at radius 1 is 1.15 bits per heavy atom. The molecule has 3 rings (SSSR count). The van der Waals surface area contributed by atoms with Gasteiger partial charge in [0.15, 0.2) is 11.3 Å². The van der Waals surface area contributed by atoms with Crippen LogP contribution >= 0.6 is 0 Å². The summed E-state index contributed by atoms with van der Waals surface area (Å²) in [7, 11) is 1.52. The van der Waals surface area contributed by atoms with Gasteiger partial charge in [0.2, 0.25) is 5.55 Å². The zero-order valence-electron chi connectivity index (χ0n) is 14.9. The van der Waals surface area contributed by atoms with Crippen molar-refractivity contribution in [1.82, 2.24) is 0 Å². The maximum absolute atomic E-state index is 11.9. The van der Waals surface area contributed by atoms with Crippen LogP contribution in [-0.4, -0.2) is 25.6 Å². The first-order valence-corrected chi connectivity index (χ1v) is 8.26. The van der Waals surface area contributed by atoms with E-state index in [-0.39, 0.29) is 17.7 Å². The van der Waals surface area contributed by atoms with Gasteiger partial charge < -0.3 is 19.6 Å². The molecule has 0 aliphatic carbocycles. The minimum absolute atomic E-state index is 0.0282. The number of esters is 1. The zero-order chi connectivity index (χ0) is 19.4. The first-order valence-electron chi connectivity index (χ1n) is 8.26. The van der Waals surface area contributed by atoms with E-state index in [2.05, 4.69) is 4.99 Å². The monoisotopic (exact) mass is 366 g/mol. The third-order valence-corrected chi connectivity index (χ3v) is 3.81. The van der Waals surface area contributed by atoms with Gasteiger partial charge in [-0.2, -0.15) is 0 Å². The first kappa shape index (κ1) is 18.2. The van der Waals surface area contributed by atoms with Crippen molar-refractivity contribution in [2.24, 2.45) is 10.7 Å². The van der Waals surface area contributed by atoms with Crippen LogP contribution in [0.25, 0.3) is 11.0 Å². The van der Waals surface area contributed by atoms with E-state index in [1.54, 1.807) is 55.5 Å². The van der Waals surface area contributed by atoms with Crippen LogP contribution in [0, 0.1) is 0 Å². The average Bonchev–Trinajstić information content (AvgIpc) is 2.67. The van der Waals surface area contributed by atoms with E-state index in [9.17, 15) is 9.59 Å². The number of hydrogen-bond acceptors (Lipinski definition) is 6. The van der Waals surface area contributed by atoms with Gasteiger partial charge in [-0.15, -0.1) is 0 Å². The Kier molecular flexibility index (Phi) is 5.21. The number of fused-ring (bicyclic) bond motifs is 1. The molecule has 2 aromatic carbocycles. The van der Waals surface area contributed by atoms with Gasteiger partial charge in [0.05, 0.1) is 25.0 Å². The molecule has 0 aliphatic heterocycles. The molecule has 138 valence electrons. The number of methoxy groups -OCH3 is 1. The topological polar surface area (TPSA) is 104 Å². The third kappa shape index (κ3) is 3.82. The molecule has 7 heteroatoms. The minimum atomic E-state index is -0.677. The standard InChI is InChI=1S/C20H18N2O5/c1-3-26-20(24)13-7-4-8-14(10-13)22-19-15(18(21)23)11-12-6-5-9-16(25-2)17(12)27-19/h4-11H,3H2,1-2H3,(H2,21,23). The second-order valence-electron chi connectivity index (χ2n) is 5.59.